The second-order valence-electron chi connectivity index (χ2n) is 8.54. The van der Waals surface area contributed by atoms with Crippen LogP contribution in [0.1, 0.15) is 38.2 Å². The van der Waals surface area contributed by atoms with E-state index >= 15 is 0 Å². The van der Waals surface area contributed by atoms with Crippen molar-refractivity contribution in [1.82, 2.24) is 10.2 Å². The highest BCUT2D eigenvalue weighted by atomic mass is 32.2. The van der Waals surface area contributed by atoms with Crippen LogP contribution in [-0.2, 0) is 26.2 Å². The average Bonchev–Trinajstić information content (AvgIpc) is 3.29. The molecule has 0 unspecified atom stereocenters. The Bertz CT molecular complexity index is 1120. The molecule has 2 aromatic carbocycles. The predicted molar refractivity (Wildman–Crippen MR) is 125 cm³/mol. The molecule has 1 atom stereocenters. The molecule has 0 heterocycles. The summed E-state index contributed by atoms with van der Waals surface area (Å²) < 4.78 is 53.3. The van der Waals surface area contributed by atoms with Gasteiger partial charge in [0, 0.05) is 12.6 Å². The normalized spacial score (nSPS) is 15.1. The van der Waals surface area contributed by atoms with Gasteiger partial charge in [-0.05, 0) is 49.6 Å². The first-order chi connectivity index (χ1) is 16.1. The number of nitrogens with one attached hydrogen (secondary N) is 1. The quantitative estimate of drug-likeness (QED) is 0.581. The maximum Gasteiger partial charge on any atom is 0.244 e. The van der Waals surface area contributed by atoms with E-state index in [1.807, 2.05) is 0 Å². The first-order valence-corrected chi connectivity index (χ1v) is 13.0. The Morgan fingerprint density at radius 1 is 1.06 bits per heavy atom. The van der Waals surface area contributed by atoms with E-state index < -0.39 is 40.2 Å². The first-order valence-electron chi connectivity index (χ1n) is 11.1. The number of hydrogen-bond donors (Lipinski definition) is 1. The summed E-state index contributed by atoms with van der Waals surface area (Å²) in [4.78, 5) is 27.6. The molecule has 1 fully saturated rings. The summed E-state index contributed by atoms with van der Waals surface area (Å²) in [6.07, 6.45) is 4.64. The number of halogens is 2. The summed E-state index contributed by atoms with van der Waals surface area (Å²) in [6, 6.07) is 9.81. The van der Waals surface area contributed by atoms with Crippen LogP contribution in [0.25, 0.3) is 0 Å². The van der Waals surface area contributed by atoms with Gasteiger partial charge in [0.05, 0.1) is 11.9 Å². The molecule has 1 aliphatic rings. The van der Waals surface area contributed by atoms with Crippen molar-refractivity contribution in [3.8, 4) is 0 Å². The Morgan fingerprint density at radius 2 is 1.68 bits per heavy atom. The van der Waals surface area contributed by atoms with Crippen LogP contribution in [0.5, 0.6) is 0 Å². The number of benzene rings is 2. The molecule has 1 saturated carbocycles. The van der Waals surface area contributed by atoms with Crippen LogP contribution in [0, 0.1) is 11.6 Å². The molecule has 1 N–H and O–H groups in total. The zero-order chi connectivity index (χ0) is 24.9. The van der Waals surface area contributed by atoms with Crippen LogP contribution >= 0.6 is 0 Å². The summed E-state index contributed by atoms with van der Waals surface area (Å²) in [5.74, 6) is -2.29. The lowest BCUT2D eigenvalue weighted by molar-refractivity contribution is -0.139. The van der Waals surface area contributed by atoms with Gasteiger partial charge < -0.3 is 10.2 Å². The Hall–Kier alpha value is -3.01. The fraction of sp³-hybridized carbons (Fsp3) is 0.417. The van der Waals surface area contributed by atoms with Crippen LogP contribution in [0.4, 0.5) is 14.5 Å². The molecule has 2 amide bonds. The molecule has 2 aromatic rings. The monoisotopic (exact) mass is 493 g/mol. The van der Waals surface area contributed by atoms with E-state index in [0.29, 0.717) is 9.87 Å². The van der Waals surface area contributed by atoms with Gasteiger partial charge in [-0.3, -0.25) is 13.9 Å². The van der Waals surface area contributed by atoms with Gasteiger partial charge in [0.25, 0.3) is 0 Å². The second kappa shape index (κ2) is 10.9. The van der Waals surface area contributed by atoms with Crippen LogP contribution < -0.4 is 9.62 Å². The molecule has 7 nitrogen and oxygen atoms in total. The molecular weight excluding hydrogens is 464 g/mol. The fourth-order valence-electron chi connectivity index (χ4n) is 4.01. The Balaban J connectivity index is 1.88. The van der Waals surface area contributed by atoms with Gasteiger partial charge in [0.2, 0.25) is 21.8 Å². The zero-order valence-electron chi connectivity index (χ0n) is 19.2. The molecule has 1 aliphatic carbocycles. The molecule has 0 spiro atoms. The van der Waals surface area contributed by atoms with E-state index in [1.54, 1.807) is 6.92 Å². The third-order valence-corrected chi connectivity index (χ3v) is 7.06. The summed E-state index contributed by atoms with van der Waals surface area (Å²) in [6.45, 7) is 0.814. The Labute approximate surface area is 198 Å². The van der Waals surface area contributed by atoms with Crippen molar-refractivity contribution in [2.45, 2.75) is 51.2 Å². The summed E-state index contributed by atoms with van der Waals surface area (Å²) >= 11 is 0. The Morgan fingerprint density at radius 3 is 2.26 bits per heavy atom. The van der Waals surface area contributed by atoms with Crippen molar-refractivity contribution in [2.75, 3.05) is 17.1 Å². The predicted octanol–water partition coefficient (Wildman–Crippen LogP) is 3.21. The highest BCUT2D eigenvalue weighted by Crippen LogP contribution is 2.23. The molecule has 3 rings (SSSR count). The number of anilines is 1. The van der Waals surface area contributed by atoms with Gasteiger partial charge in [-0.15, -0.1) is 0 Å². The largest absolute Gasteiger partial charge is 0.352 e. The lowest BCUT2D eigenvalue weighted by Gasteiger charge is -2.32. The maximum atomic E-state index is 14.4. The standard InChI is InChI=1S/C24H29F2N3O4S/c1-17(24(31)27-20-7-3-4-8-20)28(15-18-11-13-19(25)14-12-18)23(30)16-29(34(2,32)33)22-10-6-5-9-21(22)26/h5-6,9-14,17,20H,3-4,7-8,15-16H2,1-2H3,(H,27,31)/t17-/m1/s1. The van der Waals surface area contributed by atoms with Gasteiger partial charge in [0.15, 0.2) is 0 Å². The van der Waals surface area contributed by atoms with Gasteiger partial charge in [-0.2, -0.15) is 0 Å². The topological polar surface area (TPSA) is 86.8 Å². The molecular formula is C24H29F2N3O4S. The number of para-hydroxylation sites is 1. The van der Waals surface area contributed by atoms with E-state index in [2.05, 4.69) is 5.32 Å². The summed E-state index contributed by atoms with van der Waals surface area (Å²) in [7, 11) is -4.02. The smallest absolute Gasteiger partial charge is 0.244 e. The highest BCUT2D eigenvalue weighted by molar-refractivity contribution is 7.92. The second-order valence-corrected chi connectivity index (χ2v) is 10.4. The minimum atomic E-state index is -4.02. The highest BCUT2D eigenvalue weighted by Gasteiger charge is 2.32. The van der Waals surface area contributed by atoms with E-state index in [-0.39, 0.29) is 24.2 Å². The molecule has 184 valence electrons. The molecule has 0 aliphatic heterocycles. The maximum absolute atomic E-state index is 14.4. The van der Waals surface area contributed by atoms with E-state index in [9.17, 15) is 26.8 Å². The van der Waals surface area contributed by atoms with Crippen molar-refractivity contribution in [2.24, 2.45) is 0 Å². The SMILES string of the molecule is C[C@H](C(=O)NC1CCCC1)N(Cc1ccc(F)cc1)C(=O)CN(c1ccccc1F)S(C)(=O)=O. The number of amides is 2. The van der Waals surface area contributed by atoms with Crippen molar-refractivity contribution < 1.29 is 26.8 Å². The Kier molecular flexibility index (Phi) is 8.24. The van der Waals surface area contributed by atoms with Crippen molar-refractivity contribution in [1.29, 1.82) is 0 Å². The van der Waals surface area contributed by atoms with Gasteiger partial charge in [-0.25, -0.2) is 17.2 Å². The zero-order valence-corrected chi connectivity index (χ0v) is 20.0. The number of sulfonamides is 1. The first kappa shape index (κ1) is 25.6. The average molecular weight is 494 g/mol. The molecule has 0 bridgehead atoms. The minimum absolute atomic E-state index is 0.0312. The van der Waals surface area contributed by atoms with Crippen LogP contribution in [-0.4, -0.2) is 50.0 Å². The molecule has 0 aromatic heterocycles. The minimum Gasteiger partial charge on any atom is -0.352 e. The molecule has 34 heavy (non-hydrogen) atoms. The molecule has 0 radical (unpaired) electrons. The number of carbonyl (C=O) groups is 2. The van der Waals surface area contributed by atoms with Crippen LogP contribution in [0.3, 0.4) is 0 Å². The number of nitrogens with zero attached hydrogens (tertiary/aromatic N) is 2. The summed E-state index contributed by atoms with van der Waals surface area (Å²) in [5, 5.41) is 2.95. The van der Waals surface area contributed by atoms with Gasteiger partial charge >= 0.3 is 0 Å². The number of carbonyl (C=O) groups excluding carboxylic acids is 2. The lowest BCUT2D eigenvalue weighted by Crippen LogP contribution is -2.52. The molecule has 0 saturated heterocycles. The fourth-order valence-corrected chi connectivity index (χ4v) is 4.86. The third-order valence-electron chi connectivity index (χ3n) is 5.94. The number of rotatable bonds is 9. The summed E-state index contributed by atoms with van der Waals surface area (Å²) in [5.41, 5.74) is 0.301. The van der Waals surface area contributed by atoms with Crippen molar-refractivity contribution in [3.63, 3.8) is 0 Å². The van der Waals surface area contributed by atoms with Crippen molar-refractivity contribution >= 4 is 27.5 Å². The van der Waals surface area contributed by atoms with E-state index in [4.69, 9.17) is 0 Å². The van der Waals surface area contributed by atoms with E-state index in [0.717, 1.165) is 38.0 Å². The van der Waals surface area contributed by atoms with E-state index in [1.165, 1.54) is 47.4 Å². The molecule has 10 heteroatoms. The van der Waals surface area contributed by atoms with Gasteiger partial charge in [0.1, 0.15) is 24.2 Å². The number of hydrogen-bond acceptors (Lipinski definition) is 4. The lowest BCUT2D eigenvalue weighted by atomic mass is 10.1. The van der Waals surface area contributed by atoms with Gasteiger partial charge in [-0.1, -0.05) is 37.1 Å². The van der Waals surface area contributed by atoms with Crippen LogP contribution in [0.15, 0.2) is 48.5 Å². The van der Waals surface area contributed by atoms with Crippen molar-refractivity contribution in [3.05, 3.63) is 65.7 Å². The van der Waals surface area contributed by atoms with Crippen LogP contribution in [0.2, 0.25) is 0 Å². The third kappa shape index (κ3) is 6.53.